The second kappa shape index (κ2) is 4.21. The van der Waals surface area contributed by atoms with Gasteiger partial charge in [-0.2, -0.15) is 18.4 Å². The number of hydrogen-bond acceptors (Lipinski definition) is 3. The first kappa shape index (κ1) is 12.0. The van der Waals surface area contributed by atoms with Crippen LogP contribution >= 0.6 is 23.4 Å². The summed E-state index contributed by atoms with van der Waals surface area (Å²) >= 11 is 5.95. The first-order valence-corrected chi connectivity index (χ1v) is 4.78. The van der Waals surface area contributed by atoms with Gasteiger partial charge in [0.1, 0.15) is 5.40 Å². The molecule has 0 aliphatic carbocycles. The van der Waals surface area contributed by atoms with E-state index in [1.807, 2.05) is 0 Å². The van der Waals surface area contributed by atoms with E-state index in [9.17, 15) is 13.2 Å². The number of benzene rings is 1. The minimum Gasteiger partial charge on any atom is -0.398 e. The maximum atomic E-state index is 12.5. The summed E-state index contributed by atoms with van der Waals surface area (Å²) in [6, 6.07) is 1.76. The second-order valence-electron chi connectivity index (χ2n) is 2.56. The molecule has 1 rings (SSSR count). The standard InChI is InChI=1S/C8H4ClF3N2S/c9-5-2-7(15-3-13)4(1-6(5)14)8(10,11)12/h1-2H,14H2. The molecule has 0 unspecified atom stereocenters. The van der Waals surface area contributed by atoms with Gasteiger partial charge < -0.3 is 5.73 Å². The van der Waals surface area contributed by atoms with Crippen molar-refractivity contribution in [2.45, 2.75) is 11.1 Å². The number of nitrogens with two attached hydrogens (primary N) is 1. The van der Waals surface area contributed by atoms with E-state index < -0.39 is 11.7 Å². The van der Waals surface area contributed by atoms with Gasteiger partial charge in [-0.05, 0) is 23.9 Å². The summed E-state index contributed by atoms with van der Waals surface area (Å²) < 4.78 is 37.4. The highest BCUT2D eigenvalue weighted by Gasteiger charge is 2.34. The van der Waals surface area contributed by atoms with E-state index in [4.69, 9.17) is 22.6 Å². The molecule has 1 aromatic carbocycles. The Balaban J connectivity index is 3.36. The molecule has 0 aliphatic heterocycles. The van der Waals surface area contributed by atoms with Gasteiger partial charge >= 0.3 is 6.18 Å². The number of alkyl halides is 3. The third kappa shape index (κ3) is 2.70. The highest BCUT2D eigenvalue weighted by atomic mass is 35.5. The number of thiocyanates is 1. The number of hydrogen-bond donors (Lipinski definition) is 1. The van der Waals surface area contributed by atoms with E-state index in [0.717, 1.165) is 12.1 Å². The summed E-state index contributed by atoms with van der Waals surface area (Å²) in [5.41, 5.74) is 4.15. The minimum absolute atomic E-state index is 0.000694. The van der Waals surface area contributed by atoms with Crippen molar-refractivity contribution in [2.24, 2.45) is 0 Å². The van der Waals surface area contributed by atoms with Crippen LogP contribution in [0.3, 0.4) is 0 Å². The van der Waals surface area contributed by atoms with Crippen molar-refractivity contribution in [1.29, 1.82) is 5.26 Å². The van der Waals surface area contributed by atoms with E-state index in [-0.39, 0.29) is 15.6 Å². The molecule has 0 saturated carbocycles. The normalized spacial score (nSPS) is 11.1. The lowest BCUT2D eigenvalue weighted by Crippen LogP contribution is -2.07. The molecule has 7 heteroatoms. The Bertz CT molecular complexity index is 425. The fourth-order valence-corrected chi connectivity index (χ4v) is 1.71. The molecule has 1 aromatic rings. The van der Waals surface area contributed by atoms with Crippen LogP contribution in [0, 0.1) is 10.7 Å². The van der Waals surface area contributed by atoms with Crippen LogP contribution in [0.2, 0.25) is 5.02 Å². The third-order valence-corrected chi connectivity index (χ3v) is 2.54. The predicted molar refractivity (Wildman–Crippen MR) is 52.3 cm³/mol. The Morgan fingerprint density at radius 2 is 2.00 bits per heavy atom. The third-order valence-electron chi connectivity index (χ3n) is 1.56. The molecule has 15 heavy (non-hydrogen) atoms. The molecule has 0 fully saturated rings. The Kier molecular flexibility index (Phi) is 3.37. The van der Waals surface area contributed by atoms with Crippen molar-refractivity contribution >= 4 is 29.1 Å². The fourth-order valence-electron chi connectivity index (χ4n) is 0.927. The molecule has 0 bridgehead atoms. The smallest absolute Gasteiger partial charge is 0.398 e. The van der Waals surface area contributed by atoms with Gasteiger partial charge in [0.25, 0.3) is 0 Å². The molecule has 80 valence electrons. The maximum absolute atomic E-state index is 12.5. The first-order chi connectivity index (χ1) is 6.86. The topological polar surface area (TPSA) is 49.8 Å². The lowest BCUT2D eigenvalue weighted by atomic mass is 10.2. The molecule has 0 heterocycles. The molecule has 0 atom stereocenters. The first-order valence-electron chi connectivity index (χ1n) is 3.58. The van der Waals surface area contributed by atoms with E-state index >= 15 is 0 Å². The number of nitrogens with zero attached hydrogens (tertiary/aromatic N) is 1. The summed E-state index contributed by atoms with van der Waals surface area (Å²) in [5.74, 6) is 0. The Morgan fingerprint density at radius 1 is 1.40 bits per heavy atom. The van der Waals surface area contributed by atoms with Crippen molar-refractivity contribution in [1.82, 2.24) is 0 Å². The highest BCUT2D eigenvalue weighted by Crippen LogP contribution is 2.39. The molecule has 0 spiro atoms. The second-order valence-corrected chi connectivity index (χ2v) is 3.79. The zero-order chi connectivity index (χ0) is 11.6. The zero-order valence-electron chi connectivity index (χ0n) is 7.10. The average Bonchev–Trinajstić information content (AvgIpc) is 2.09. The Hall–Kier alpha value is -1.06. The van der Waals surface area contributed by atoms with Crippen molar-refractivity contribution < 1.29 is 13.2 Å². The zero-order valence-corrected chi connectivity index (χ0v) is 8.67. The number of halogens is 4. The maximum Gasteiger partial charge on any atom is 0.417 e. The van der Waals surface area contributed by atoms with Gasteiger partial charge in [0.05, 0.1) is 16.3 Å². The van der Waals surface area contributed by atoms with Crippen LogP contribution < -0.4 is 5.73 Å². The van der Waals surface area contributed by atoms with Gasteiger partial charge in [-0.3, -0.25) is 0 Å². The van der Waals surface area contributed by atoms with E-state index in [1.54, 1.807) is 5.40 Å². The van der Waals surface area contributed by atoms with Gasteiger partial charge in [-0.25, -0.2) is 0 Å². The Morgan fingerprint density at radius 3 is 2.47 bits per heavy atom. The van der Waals surface area contributed by atoms with Crippen LogP contribution in [0.15, 0.2) is 17.0 Å². The highest BCUT2D eigenvalue weighted by molar-refractivity contribution is 8.03. The quantitative estimate of drug-likeness (QED) is 0.473. The molecule has 2 N–H and O–H groups in total. The molecule has 0 aliphatic rings. The summed E-state index contributed by atoms with van der Waals surface area (Å²) in [6.07, 6.45) is -4.54. The van der Waals surface area contributed by atoms with Crippen LogP contribution in [-0.2, 0) is 6.18 Å². The summed E-state index contributed by atoms with van der Waals surface area (Å²) in [7, 11) is 0. The molecule has 2 nitrogen and oxygen atoms in total. The largest absolute Gasteiger partial charge is 0.417 e. The van der Waals surface area contributed by atoms with Crippen molar-refractivity contribution in [3.8, 4) is 5.40 Å². The molecular weight excluding hydrogens is 249 g/mol. The lowest BCUT2D eigenvalue weighted by Gasteiger charge is -2.11. The number of thioether (sulfide) groups is 1. The van der Waals surface area contributed by atoms with Crippen molar-refractivity contribution in [3.63, 3.8) is 0 Å². The van der Waals surface area contributed by atoms with Gasteiger partial charge in [-0.1, -0.05) is 11.6 Å². The summed E-state index contributed by atoms with van der Waals surface area (Å²) in [6.45, 7) is 0. The monoisotopic (exact) mass is 252 g/mol. The molecule has 0 saturated heterocycles. The van der Waals surface area contributed by atoms with Crippen LogP contribution in [0.4, 0.5) is 18.9 Å². The van der Waals surface area contributed by atoms with E-state index in [0.29, 0.717) is 11.8 Å². The van der Waals surface area contributed by atoms with E-state index in [2.05, 4.69) is 0 Å². The number of nitriles is 1. The van der Waals surface area contributed by atoms with Gasteiger partial charge in [0.15, 0.2) is 0 Å². The molecule has 0 aromatic heterocycles. The average molecular weight is 253 g/mol. The fraction of sp³-hybridized carbons (Fsp3) is 0.125. The number of anilines is 1. The van der Waals surface area contributed by atoms with Gasteiger partial charge in [0, 0.05) is 4.90 Å². The van der Waals surface area contributed by atoms with Gasteiger partial charge in [-0.15, -0.1) is 0 Å². The predicted octanol–water partition coefficient (Wildman–Crippen LogP) is 3.51. The molecule has 0 radical (unpaired) electrons. The van der Waals surface area contributed by atoms with Crippen molar-refractivity contribution in [2.75, 3.05) is 5.73 Å². The SMILES string of the molecule is N#CSc1cc(Cl)c(N)cc1C(F)(F)F. The number of rotatable bonds is 1. The van der Waals surface area contributed by atoms with E-state index in [1.165, 1.54) is 0 Å². The molecule has 0 amide bonds. The number of nitrogen functional groups attached to an aromatic ring is 1. The summed E-state index contributed by atoms with van der Waals surface area (Å²) in [4.78, 5) is -0.246. The minimum atomic E-state index is -4.54. The lowest BCUT2D eigenvalue weighted by molar-refractivity contribution is -0.139. The van der Waals surface area contributed by atoms with Crippen LogP contribution in [-0.4, -0.2) is 0 Å². The van der Waals surface area contributed by atoms with Crippen LogP contribution in [0.1, 0.15) is 5.56 Å². The van der Waals surface area contributed by atoms with Crippen molar-refractivity contribution in [3.05, 3.63) is 22.7 Å². The van der Waals surface area contributed by atoms with Crippen LogP contribution in [0.25, 0.3) is 0 Å². The molecular formula is C8H4ClF3N2S. The summed E-state index contributed by atoms with van der Waals surface area (Å²) in [5, 5.41) is 9.90. The van der Waals surface area contributed by atoms with Crippen LogP contribution in [0.5, 0.6) is 0 Å². The van der Waals surface area contributed by atoms with Gasteiger partial charge in [0.2, 0.25) is 0 Å². The Labute approximate surface area is 92.8 Å².